The zero-order valence-corrected chi connectivity index (χ0v) is 18.6. The van der Waals surface area contributed by atoms with E-state index in [-0.39, 0.29) is 30.7 Å². The Balaban J connectivity index is 1.30. The van der Waals surface area contributed by atoms with Gasteiger partial charge >= 0.3 is 12.2 Å². The molecule has 8 nitrogen and oxygen atoms in total. The Labute approximate surface area is 195 Å². The van der Waals surface area contributed by atoms with Crippen molar-refractivity contribution in [1.29, 1.82) is 0 Å². The van der Waals surface area contributed by atoms with Gasteiger partial charge in [-0.25, -0.2) is 4.79 Å². The van der Waals surface area contributed by atoms with Gasteiger partial charge in [0.25, 0.3) is 5.91 Å². The number of piperazine rings is 1. The number of anilines is 2. The van der Waals surface area contributed by atoms with E-state index in [1.54, 1.807) is 12.1 Å². The van der Waals surface area contributed by atoms with E-state index in [4.69, 9.17) is 0 Å². The molecule has 4 rings (SSSR count). The topological polar surface area (TPSA) is 90.5 Å². The van der Waals surface area contributed by atoms with Crippen molar-refractivity contribution >= 4 is 23.6 Å². The fourth-order valence-electron chi connectivity index (χ4n) is 4.37. The number of carbonyl (C=O) groups is 2. The number of nitrogens with one attached hydrogen (secondary N) is 2. The maximum absolute atomic E-state index is 13.3. The molecule has 11 heteroatoms. The van der Waals surface area contributed by atoms with Crippen LogP contribution in [0.1, 0.15) is 48.0 Å². The predicted molar refractivity (Wildman–Crippen MR) is 121 cm³/mol. The van der Waals surface area contributed by atoms with E-state index in [1.807, 2.05) is 4.90 Å². The summed E-state index contributed by atoms with van der Waals surface area (Å²) in [5, 5.41) is 13.9. The zero-order valence-electron chi connectivity index (χ0n) is 18.6. The summed E-state index contributed by atoms with van der Waals surface area (Å²) in [4.78, 5) is 28.2. The Hall–Kier alpha value is -3.37. The van der Waals surface area contributed by atoms with E-state index in [9.17, 15) is 22.8 Å². The van der Waals surface area contributed by atoms with E-state index in [1.165, 1.54) is 29.5 Å². The summed E-state index contributed by atoms with van der Waals surface area (Å²) in [6.07, 6.45) is 0.811. The number of alkyl halides is 3. The second-order valence-corrected chi connectivity index (χ2v) is 8.53. The van der Waals surface area contributed by atoms with E-state index in [0.717, 1.165) is 31.7 Å². The third-order valence-electron chi connectivity index (χ3n) is 6.19. The molecule has 0 radical (unpaired) electrons. The molecule has 0 bridgehead atoms. The molecule has 2 fully saturated rings. The summed E-state index contributed by atoms with van der Waals surface area (Å²) in [5.41, 5.74) is -1.27. The van der Waals surface area contributed by atoms with Crippen LogP contribution in [-0.4, -0.2) is 59.3 Å². The van der Waals surface area contributed by atoms with Gasteiger partial charge in [-0.3, -0.25) is 10.1 Å². The lowest BCUT2D eigenvalue weighted by molar-refractivity contribution is -0.138. The summed E-state index contributed by atoms with van der Waals surface area (Å²) in [7, 11) is 0. The van der Waals surface area contributed by atoms with E-state index >= 15 is 0 Å². The molecule has 0 spiro atoms. The van der Waals surface area contributed by atoms with E-state index in [2.05, 4.69) is 20.8 Å². The van der Waals surface area contributed by atoms with Crippen molar-refractivity contribution in [3.63, 3.8) is 0 Å². The highest BCUT2D eigenvalue weighted by atomic mass is 19.4. The molecule has 0 atom stereocenters. The van der Waals surface area contributed by atoms with Crippen LogP contribution in [0.3, 0.4) is 0 Å². The predicted octanol–water partition coefficient (Wildman–Crippen LogP) is 3.91. The number of amides is 3. The smallest absolute Gasteiger partial charge is 0.352 e. The Morgan fingerprint density at radius 3 is 2.26 bits per heavy atom. The van der Waals surface area contributed by atoms with Crippen molar-refractivity contribution in [2.75, 3.05) is 36.4 Å². The average molecular weight is 477 g/mol. The third kappa shape index (κ3) is 5.75. The Kier molecular flexibility index (Phi) is 7.18. The SMILES string of the molecule is O=C(Nc1ccc(N2CCN(C(=O)c3ccccc3C(F)(F)F)CC2)nn1)NC1CCCCC1. The summed E-state index contributed by atoms with van der Waals surface area (Å²) in [6, 6.07) is 8.08. The minimum absolute atomic E-state index is 0.183. The molecule has 1 aliphatic carbocycles. The number of carbonyl (C=O) groups excluding carboxylic acids is 2. The molecular weight excluding hydrogens is 449 g/mol. The number of hydrogen-bond acceptors (Lipinski definition) is 5. The van der Waals surface area contributed by atoms with Crippen molar-refractivity contribution in [3.8, 4) is 0 Å². The van der Waals surface area contributed by atoms with Crippen LogP contribution >= 0.6 is 0 Å². The second-order valence-electron chi connectivity index (χ2n) is 8.53. The number of hydrogen-bond donors (Lipinski definition) is 2. The van der Waals surface area contributed by atoms with E-state index in [0.29, 0.717) is 24.7 Å². The monoisotopic (exact) mass is 476 g/mol. The van der Waals surface area contributed by atoms with Crippen LogP contribution in [0, 0.1) is 0 Å². The maximum Gasteiger partial charge on any atom is 0.417 e. The number of benzene rings is 1. The van der Waals surface area contributed by atoms with Crippen LogP contribution in [0.25, 0.3) is 0 Å². The molecular formula is C23H27F3N6O2. The molecule has 1 aromatic carbocycles. The highest BCUT2D eigenvalue weighted by Gasteiger charge is 2.36. The van der Waals surface area contributed by atoms with Crippen molar-refractivity contribution in [2.24, 2.45) is 0 Å². The molecule has 1 saturated carbocycles. The summed E-state index contributed by atoms with van der Waals surface area (Å²) in [6.45, 7) is 1.33. The normalized spacial score (nSPS) is 17.4. The molecule has 1 saturated heterocycles. The Morgan fingerprint density at radius 2 is 1.62 bits per heavy atom. The van der Waals surface area contributed by atoms with Gasteiger partial charge < -0.3 is 15.1 Å². The number of aromatic nitrogens is 2. The summed E-state index contributed by atoms with van der Waals surface area (Å²) < 4.78 is 39.8. The first-order chi connectivity index (χ1) is 16.3. The first-order valence-electron chi connectivity index (χ1n) is 11.4. The van der Waals surface area contributed by atoms with Crippen LogP contribution in [-0.2, 0) is 6.18 Å². The number of halogens is 3. The molecule has 3 amide bonds. The van der Waals surface area contributed by atoms with Gasteiger partial charge in [-0.05, 0) is 37.1 Å². The van der Waals surface area contributed by atoms with Crippen molar-refractivity contribution < 1.29 is 22.8 Å². The lowest BCUT2D eigenvalue weighted by atomic mass is 9.96. The third-order valence-corrected chi connectivity index (χ3v) is 6.19. The van der Waals surface area contributed by atoms with Gasteiger partial charge in [-0.1, -0.05) is 31.4 Å². The maximum atomic E-state index is 13.3. The van der Waals surface area contributed by atoms with Gasteiger partial charge in [-0.15, -0.1) is 10.2 Å². The first kappa shape index (κ1) is 23.8. The highest BCUT2D eigenvalue weighted by Crippen LogP contribution is 2.32. The molecule has 34 heavy (non-hydrogen) atoms. The molecule has 182 valence electrons. The van der Waals surface area contributed by atoms with Gasteiger partial charge in [0.05, 0.1) is 11.1 Å². The quantitative estimate of drug-likeness (QED) is 0.698. The van der Waals surface area contributed by atoms with Gasteiger partial charge in [0.15, 0.2) is 11.6 Å². The van der Waals surface area contributed by atoms with Gasteiger partial charge in [-0.2, -0.15) is 13.2 Å². The molecule has 2 aliphatic rings. The minimum Gasteiger partial charge on any atom is -0.352 e. The second kappa shape index (κ2) is 10.3. The number of rotatable bonds is 4. The highest BCUT2D eigenvalue weighted by molar-refractivity contribution is 5.96. The molecule has 0 unspecified atom stereocenters. The molecule has 2 heterocycles. The van der Waals surface area contributed by atoms with Crippen LogP contribution in [0.15, 0.2) is 36.4 Å². The Bertz CT molecular complexity index is 1000. The van der Waals surface area contributed by atoms with Crippen LogP contribution in [0.2, 0.25) is 0 Å². The number of urea groups is 1. The van der Waals surface area contributed by atoms with E-state index < -0.39 is 17.6 Å². The van der Waals surface area contributed by atoms with Gasteiger partial charge in [0.2, 0.25) is 0 Å². The zero-order chi connectivity index (χ0) is 24.1. The first-order valence-corrected chi connectivity index (χ1v) is 11.4. The van der Waals surface area contributed by atoms with Gasteiger partial charge in [0, 0.05) is 32.2 Å². The largest absolute Gasteiger partial charge is 0.417 e. The van der Waals surface area contributed by atoms with Crippen LogP contribution in [0.4, 0.5) is 29.6 Å². The van der Waals surface area contributed by atoms with Gasteiger partial charge in [0.1, 0.15) is 0 Å². The molecule has 1 aromatic heterocycles. The van der Waals surface area contributed by atoms with Crippen molar-refractivity contribution in [3.05, 3.63) is 47.5 Å². The standard InChI is InChI=1S/C23H27F3N6O2/c24-23(25,26)18-9-5-4-8-17(18)21(33)32-14-12-31(13-15-32)20-11-10-19(29-30-20)28-22(34)27-16-6-2-1-3-7-16/h4-5,8-11,16H,1-3,6-7,12-15H2,(H2,27,28,29,34). The molecule has 2 N–H and O–H groups in total. The summed E-state index contributed by atoms with van der Waals surface area (Å²) >= 11 is 0. The van der Waals surface area contributed by atoms with Crippen LogP contribution in [0.5, 0.6) is 0 Å². The lowest BCUT2D eigenvalue weighted by Crippen LogP contribution is -2.49. The molecule has 1 aliphatic heterocycles. The number of nitrogens with zero attached hydrogens (tertiary/aromatic N) is 4. The van der Waals surface area contributed by atoms with Crippen molar-refractivity contribution in [1.82, 2.24) is 20.4 Å². The Morgan fingerprint density at radius 1 is 0.912 bits per heavy atom. The minimum atomic E-state index is -4.59. The van der Waals surface area contributed by atoms with Crippen LogP contribution < -0.4 is 15.5 Å². The fourth-order valence-corrected chi connectivity index (χ4v) is 4.37. The summed E-state index contributed by atoms with van der Waals surface area (Å²) in [5.74, 6) is 0.262. The lowest BCUT2D eigenvalue weighted by Gasteiger charge is -2.35. The average Bonchev–Trinajstić information content (AvgIpc) is 2.84. The molecule has 2 aromatic rings. The van der Waals surface area contributed by atoms with Crippen molar-refractivity contribution in [2.45, 2.75) is 44.3 Å². The fraction of sp³-hybridized carbons (Fsp3) is 0.478.